The lowest BCUT2D eigenvalue weighted by Gasteiger charge is -2.30. The number of nitrogens with two attached hydrogens (primary N) is 8. The Kier molecular flexibility index (Phi) is 33.7. The first-order valence-electron chi connectivity index (χ1n) is 27.1. The van der Waals surface area contributed by atoms with E-state index in [2.05, 4.69) is 87.7 Å². The molecule has 35 heteroatoms. The van der Waals surface area contributed by atoms with Gasteiger partial charge >= 0.3 is 5.97 Å². The van der Waals surface area contributed by atoms with Gasteiger partial charge < -0.3 is 103 Å². The molecule has 2 heterocycles. The lowest BCUT2D eigenvalue weighted by atomic mass is 10.0. The second kappa shape index (κ2) is 39.1. The Morgan fingerprint density at radius 2 is 1.08 bits per heavy atom. The van der Waals surface area contributed by atoms with E-state index in [4.69, 9.17) is 45.9 Å². The van der Waals surface area contributed by atoms with Crippen molar-refractivity contribution in [1.82, 2.24) is 57.4 Å². The van der Waals surface area contributed by atoms with E-state index in [1.807, 2.05) is 0 Å². The number of primary amides is 1. The molecule has 1 aromatic rings. The number of amides is 10. The number of aliphatic carboxylic acids is 1. The zero-order chi connectivity index (χ0) is 62.0. The van der Waals surface area contributed by atoms with Crippen LogP contribution in [0, 0.1) is 0 Å². The molecule has 0 unspecified atom stereocenters. The summed E-state index contributed by atoms with van der Waals surface area (Å²) < 4.78 is 0. The number of aromatic amines is 1. The standard InChI is InChI=1S/C48H85N21O12S2/c49-15-3-1-8-28(39(73)64-31(11-6-18-59-48(55)56)42(76)68-34(24-83)46(80)81)62-37(71)22-60-44(78)35-12-7-19-69(35)45(79)33(20-26-21-57-25-61-26)67-43(77)32(13-14-36(52)70)66-41(75)30(10-5-17-58-47(53)54)65-40(74)29(9-2-4-16-50)63-38(72)27(51)23-82/h21,25,27-35,82-83H,1-20,22-24,49-51H2,(H2,52,70)(H,57,61)(H,60,78)(H,62,71)(H,63,72)(H,64,73)(H,65,74)(H,66,75)(H,67,77)(H,68,76)(H,80,81)(H4,53,54,58)(H4,55,56,59)/t27-,28-,29-,30-,31-,32-,33-,34-,35-/m0/s1. The number of hydrogen-bond donors (Lipinski definition) is 20. The Morgan fingerprint density at radius 1 is 0.627 bits per heavy atom. The first kappa shape index (κ1) is 71.6. The lowest BCUT2D eigenvalue weighted by molar-refractivity contribution is -0.142. The van der Waals surface area contributed by atoms with E-state index in [0.29, 0.717) is 44.3 Å². The third-order valence-corrected chi connectivity index (χ3v) is 13.6. The molecule has 1 fully saturated rings. The summed E-state index contributed by atoms with van der Waals surface area (Å²) in [7, 11) is 0. The third-order valence-electron chi connectivity index (χ3n) is 12.8. The van der Waals surface area contributed by atoms with E-state index in [1.165, 1.54) is 17.4 Å². The highest BCUT2D eigenvalue weighted by Crippen LogP contribution is 2.20. The number of nitrogens with one attached hydrogen (secondary N) is 9. The maximum Gasteiger partial charge on any atom is 0.327 e. The molecule has 1 saturated heterocycles. The number of carboxylic acid groups (broad SMARTS) is 1. The summed E-state index contributed by atoms with van der Waals surface area (Å²) in [5.74, 6) is -10.3. The molecule has 83 heavy (non-hydrogen) atoms. The van der Waals surface area contributed by atoms with Gasteiger partial charge in [-0.25, -0.2) is 9.78 Å². The molecule has 26 N–H and O–H groups in total. The molecule has 33 nitrogen and oxygen atoms in total. The summed E-state index contributed by atoms with van der Waals surface area (Å²) >= 11 is 8.03. The molecule has 2 rings (SSSR count). The predicted molar refractivity (Wildman–Crippen MR) is 311 cm³/mol. The van der Waals surface area contributed by atoms with E-state index in [0.717, 1.165) is 0 Å². The van der Waals surface area contributed by atoms with Crippen LogP contribution in [0.4, 0.5) is 0 Å². The number of rotatable bonds is 41. The molecular formula is C48H85N21O12S2. The zero-order valence-corrected chi connectivity index (χ0v) is 48.1. The molecular weight excluding hydrogens is 1130 g/mol. The van der Waals surface area contributed by atoms with Crippen molar-refractivity contribution in [3.8, 4) is 0 Å². The first-order chi connectivity index (χ1) is 39.5. The minimum absolute atomic E-state index is 0.0288. The first-order valence-corrected chi connectivity index (χ1v) is 28.4. The summed E-state index contributed by atoms with van der Waals surface area (Å²) in [6, 6.07) is -11.7. The Hall–Kier alpha value is -7.50. The van der Waals surface area contributed by atoms with E-state index < -0.39 is 132 Å². The van der Waals surface area contributed by atoms with E-state index in [-0.39, 0.29) is 107 Å². The highest BCUT2D eigenvalue weighted by atomic mass is 32.1. The average Bonchev–Trinajstić information content (AvgIpc) is 4.20. The van der Waals surface area contributed by atoms with Gasteiger partial charge in [-0.2, -0.15) is 25.3 Å². The number of thiol groups is 2. The van der Waals surface area contributed by atoms with Crippen LogP contribution < -0.4 is 88.4 Å². The van der Waals surface area contributed by atoms with Gasteiger partial charge in [0.1, 0.15) is 48.3 Å². The van der Waals surface area contributed by atoms with Crippen molar-refractivity contribution in [3.05, 3.63) is 18.2 Å². The minimum Gasteiger partial charge on any atom is -0.480 e. The number of imidazole rings is 1. The van der Waals surface area contributed by atoms with Crippen LogP contribution in [0.2, 0.25) is 0 Å². The van der Waals surface area contributed by atoms with Gasteiger partial charge in [-0.15, -0.1) is 0 Å². The fourth-order valence-corrected chi connectivity index (χ4v) is 8.80. The molecule has 1 aromatic heterocycles. The molecule has 0 radical (unpaired) electrons. The maximum absolute atomic E-state index is 14.6. The molecule has 0 spiro atoms. The van der Waals surface area contributed by atoms with Crippen LogP contribution >= 0.6 is 25.3 Å². The van der Waals surface area contributed by atoms with E-state index in [9.17, 15) is 57.8 Å². The number of H-pyrrole nitrogens is 1. The number of guanidine groups is 2. The Balaban J connectivity index is 2.38. The van der Waals surface area contributed by atoms with Crippen molar-refractivity contribution in [2.24, 2.45) is 55.9 Å². The number of nitrogens with zero attached hydrogens (tertiary/aromatic N) is 4. The fourth-order valence-electron chi connectivity index (χ4n) is 8.38. The maximum atomic E-state index is 14.6. The summed E-state index contributed by atoms with van der Waals surface area (Å²) in [5.41, 5.74) is 44.9. The van der Waals surface area contributed by atoms with Gasteiger partial charge in [0.15, 0.2) is 11.9 Å². The molecule has 0 saturated carbocycles. The Bertz CT molecular complexity index is 2360. The normalized spacial score (nSPS) is 15.7. The van der Waals surface area contributed by atoms with Gasteiger partial charge in [0.2, 0.25) is 59.1 Å². The number of aromatic nitrogens is 2. The molecule has 0 bridgehead atoms. The summed E-state index contributed by atoms with van der Waals surface area (Å²) in [6.07, 6.45) is 4.22. The van der Waals surface area contributed by atoms with Crippen molar-refractivity contribution in [3.63, 3.8) is 0 Å². The number of unbranched alkanes of at least 4 members (excludes halogenated alkanes) is 2. The van der Waals surface area contributed by atoms with Crippen LogP contribution in [-0.2, 0) is 59.2 Å². The van der Waals surface area contributed by atoms with Crippen LogP contribution in [-0.4, -0.2) is 202 Å². The molecule has 1 aliphatic heterocycles. The molecule has 1 aliphatic rings. The number of likely N-dealkylation sites (tertiary alicyclic amines) is 1. The number of carbonyl (C=O) groups is 11. The summed E-state index contributed by atoms with van der Waals surface area (Å²) in [6.45, 7) is 0.00276. The second-order valence-corrected chi connectivity index (χ2v) is 20.2. The average molecular weight is 1210 g/mol. The van der Waals surface area contributed by atoms with Crippen LogP contribution in [0.25, 0.3) is 0 Å². The van der Waals surface area contributed by atoms with Gasteiger partial charge in [0, 0.05) is 55.9 Å². The molecule has 0 aromatic carbocycles. The van der Waals surface area contributed by atoms with Gasteiger partial charge in [-0.1, -0.05) is 0 Å². The lowest BCUT2D eigenvalue weighted by Crippen LogP contribution is -2.60. The van der Waals surface area contributed by atoms with Crippen LogP contribution in [0.1, 0.15) is 95.6 Å². The third kappa shape index (κ3) is 27.4. The predicted octanol–water partition coefficient (Wildman–Crippen LogP) is -7.64. The van der Waals surface area contributed by atoms with Crippen molar-refractivity contribution in [1.29, 1.82) is 0 Å². The smallest absolute Gasteiger partial charge is 0.327 e. The van der Waals surface area contributed by atoms with Crippen LogP contribution in [0.3, 0.4) is 0 Å². The largest absolute Gasteiger partial charge is 0.480 e. The second-order valence-electron chi connectivity index (χ2n) is 19.5. The highest BCUT2D eigenvalue weighted by Gasteiger charge is 2.40. The molecule has 9 atom stereocenters. The fraction of sp³-hybridized carbons (Fsp3) is 0.667. The molecule has 0 aliphatic carbocycles. The zero-order valence-electron chi connectivity index (χ0n) is 46.4. The van der Waals surface area contributed by atoms with Gasteiger partial charge in [0.05, 0.1) is 18.9 Å². The molecule has 466 valence electrons. The number of aliphatic imine (C=N–C) groups is 2. The van der Waals surface area contributed by atoms with E-state index >= 15 is 0 Å². The number of hydrogen-bond acceptors (Lipinski definition) is 19. The van der Waals surface area contributed by atoms with Gasteiger partial charge in [-0.3, -0.25) is 57.9 Å². The highest BCUT2D eigenvalue weighted by molar-refractivity contribution is 7.80. The summed E-state index contributed by atoms with van der Waals surface area (Å²) in [4.78, 5) is 164. The Morgan fingerprint density at radius 3 is 1.52 bits per heavy atom. The van der Waals surface area contributed by atoms with Crippen LogP contribution in [0.5, 0.6) is 0 Å². The van der Waals surface area contributed by atoms with Gasteiger partial charge in [-0.05, 0) is 96.6 Å². The van der Waals surface area contributed by atoms with Crippen LogP contribution in [0.15, 0.2) is 22.5 Å². The van der Waals surface area contributed by atoms with Gasteiger partial charge in [0.25, 0.3) is 0 Å². The quantitative estimate of drug-likeness (QED) is 0.0125. The summed E-state index contributed by atoms with van der Waals surface area (Å²) in [5, 5.41) is 29.9. The topological polar surface area (TPSA) is 569 Å². The number of carbonyl (C=O) groups excluding carboxylic acids is 10. The van der Waals surface area contributed by atoms with Crippen molar-refractivity contribution in [2.75, 3.05) is 50.8 Å². The van der Waals surface area contributed by atoms with E-state index in [1.54, 1.807) is 0 Å². The SMILES string of the molecule is NCCCC[C@H](NC(=O)CNC(=O)[C@@H]1CCCN1C(=O)[C@H](Cc1cnc[nH]1)NC(=O)[C@H](CCC(N)=O)NC(=O)[C@H](CCCN=C(N)N)NC(=O)[C@H](CCCCN)NC(=O)[C@@H](N)CS)C(=O)N[C@@H](CCCN=C(N)N)C(=O)N[C@@H](CS)C(=O)O. The monoisotopic (exact) mass is 1210 g/mol. The Labute approximate surface area is 491 Å². The number of carboxylic acids is 1. The molecule has 10 amide bonds. The van der Waals surface area contributed by atoms with Crippen molar-refractivity contribution >= 4 is 102 Å². The minimum atomic E-state index is -1.56. The van der Waals surface area contributed by atoms with Crippen molar-refractivity contribution < 1.29 is 57.8 Å². The van der Waals surface area contributed by atoms with Crippen molar-refractivity contribution in [2.45, 2.75) is 151 Å².